The van der Waals surface area contributed by atoms with Gasteiger partial charge in [-0.25, -0.2) is 4.79 Å². The summed E-state index contributed by atoms with van der Waals surface area (Å²) in [6.45, 7) is 15.9. The van der Waals surface area contributed by atoms with Crippen LogP contribution in [0.25, 0.3) is 0 Å². The predicted octanol–water partition coefficient (Wildman–Crippen LogP) is 1.17. The number of carbonyl (C=O) groups is 4. The highest BCUT2D eigenvalue weighted by Crippen LogP contribution is 2.13. The zero-order valence-electron chi connectivity index (χ0n) is 21.6. The van der Waals surface area contributed by atoms with Crippen molar-refractivity contribution in [3.63, 3.8) is 0 Å². The molecule has 0 saturated carbocycles. The van der Waals surface area contributed by atoms with Gasteiger partial charge in [-0.3, -0.25) is 14.4 Å². The van der Waals surface area contributed by atoms with Crippen molar-refractivity contribution in [1.82, 2.24) is 16.0 Å². The van der Waals surface area contributed by atoms with E-state index < -0.39 is 53.0 Å². The molecule has 192 valence electrons. The van der Waals surface area contributed by atoms with E-state index in [1.54, 1.807) is 6.92 Å². The third-order valence-electron chi connectivity index (χ3n) is 5.14. The second kappa shape index (κ2) is 12.9. The van der Waals surface area contributed by atoms with Crippen LogP contribution in [0, 0.1) is 11.8 Å². The van der Waals surface area contributed by atoms with Gasteiger partial charge in [-0.2, -0.15) is 0 Å². The van der Waals surface area contributed by atoms with Gasteiger partial charge in [0.1, 0.15) is 23.7 Å². The Morgan fingerprint density at radius 1 is 0.970 bits per heavy atom. The summed E-state index contributed by atoms with van der Waals surface area (Å²) >= 11 is 0. The molecule has 3 amide bonds. The normalized spacial score (nSPS) is 15.8. The van der Waals surface area contributed by atoms with Crippen LogP contribution in [0.3, 0.4) is 0 Å². The second-order valence-corrected chi connectivity index (χ2v) is 10.5. The molecule has 6 N–H and O–H groups in total. The number of aliphatic carboxylic acids is 1. The number of carboxylic acid groups (broad SMARTS) is 1. The summed E-state index contributed by atoms with van der Waals surface area (Å²) in [6.07, 6.45) is 0.847. The van der Waals surface area contributed by atoms with Gasteiger partial charge in [0.25, 0.3) is 0 Å². The van der Waals surface area contributed by atoms with Crippen LogP contribution < -0.4 is 21.7 Å². The number of carboxylic acids is 1. The van der Waals surface area contributed by atoms with Gasteiger partial charge >= 0.3 is 5.97 Å². The molecule has 33 heavy (non-hydrogen) atoms. The summed E-state index contributed by atoms with van der Waals surface area (Å²) in [6, 6.07) is -2.96. The van der Waals surface area contributed by atoms with E-state index in [1.165, 1.54) is 13.8 Å². The Kier molecular flexibility index (Phi) is 12.0. The smallest absolute Gasteiger partial charge is 0.326 e. The van der Waals surface area contributed by atoms with Crippen molar-refractivity contribution in [2.75, 3.05) is 6.61 Å². The molecule has 10 heteroatoms. The Morgan fingerprint density at radius 2 is 1.52 bits per heavy atom. The molecule has 0 aliphatic carbocycles. The number of nitrogens with two attached hydrogens (primary N) is 1. The van der Waals surface area contributed by atoms with E-state index in [9.17, 15) is 24.3 Å². The van der Waals surface area contributed by atoms with E-state index in [4.69, 9.17) is 10.5 Å². The highest BCUT2D eigenvalue weighted by atomic mass is 16.5. The number of amides is 3. The summed E-state index contributed by atoms with van der Waals surface area (Å²) in [4.78, 5) is 49.9. The molecule has 4 atom stereocenters. The summed E-state index contributed by atoms with van der Waals surface area (Å²) in [5.74, 6) is -3.05. The van der Waals surface area contributed by atoms with Crippen molar-refractivity contribution >= 4 is 23.7 Å². The minimum Gasteiger partial charge on any atom is -0.480 e. The van der Waals surface area contributed by atoms with Crippen LogP contribution in [0.15, 0.2) is 0 Å². The predicted molar refractivity (Wildman–Crippen MR) is 126 cm³/mol. The zero-order valence-corrected chi connectivity index (χ0v) is 21.6. The molecular weight excluding hydrogens is 428 g/mol. The molecule has 0 fully saturated rings. The zero-order chi connectivity index (χ0) is 26.1. The van der Waals surface area contributed by atoms with Gasteiger partial charge in [-0.15, -0.1) is 0 Å². The minimum atomic E-state index is -1.41. The number of carbonyl (C=O) groups excluding carboxylic acids is 3. The lowest BCUT2D eigenvalue weighted by molar-refractivity contribution is -0.143. The molecule has 0 bridgehead atoms. The van der Waals surface area contributed by atoms with Crippen LogP contribution in [0.1, 0.15) is 75.2 Å². The molecule has 0 unspecified atom stereocenters. The van der Waals surface area contributed by atoms with Crippen molar-refractivity contribution in [2.24, 2.45) is 17.6 Å². The van der Waals surface area contributed by atoms with Crippen LogP contribution in [-0.2, 0) is 23.9 Å². The highest BCUT2D eigenvalue weighted by Gasteiger charge is 2.37. The van der Waals surface area contributed by atoms with Gasteiger partial charge in [0, 0.05) is 0 Å². The van der Waals surface area contributed by atoms with Gasteiger partial charge < -0.3 is 31.5 Å². The SMILES string of the molecule is CC[C@H](C)[C@H](NC(=O)[C@@H](N)COC(C)(C)C)C(=O)NC(C)(C)C(=O)N[C@@H](CC(C)C)C(=O)O. The van der Waals surface area contributed by atoms with Crippen LogP contribution in [0.2, 0.25) is 0 Å². The van der Waals surface area contributed by atoms with Crippen molar-refractivity contribution < 1.29 is 29.0 Å². The molecule has 0 aliphatic heterocycles. The Morgan fingerprint density at radius 3 is 1.94 bits per heavy atom. The molecule has 0 spiro atoms. The van der Waals surface area contributed by atoms with Crippen molar-refractivity contribution in [3.05, 3.63) is 0 Å². The van der Waals surface area contributed by atoms with Crippen LogP contribution in [-0.4, -0.2) is 64.7 Å². The maximum atomic E-state index is 13.0. The fourth-order valence-corrected chi connectivity index (χ4v) is 2.85. The van der Waals surface area contributed by atoms with Gasteiger partial charge in [-0.1, -0.05) is 34.1 Å². The first-order valence-electron chi connectivity index (χ1n) is 11.5. The lowest BCUT2D eigenvalue weighted by atomic mass is 9.95. The van der Waals surface area contributed by atoms with Crippen LogP contribution in [0.5, 0.6) is 0 Å². The van der Waals surface area contributed by atoms with Gasteiger partial charge in [0.05, 0.1) is 12.2 Å². The van der Waals surface area contributed by atoms with E-state index in [1.807, 2.05) is 41.5 Å². The number of ether oxygens (including phenoxy) is 1. The maximum absolute atomic E-state index is 13.0. The van der Waals surface area contributed by atoms with Crippen LogP contribution in [0.4, 0.5) is 0 Å². The molecule has 0 heterocycles. The first kappa shape index (κ1) is 30.8. The summed E-state index contributed by atoms with van der Waals surface area (Å²) in [5.41, 5.74) is 4.05. The summed E-state index contributed by atoms with van der Waals surface area (Å²) < 4.78 is 5.55. The molecule has 0 aliphatic rings. The molecule has 0 rings (SSSR count). The van der Waals surface area contributed by atoms with Crippen molar-refractivity contribution in [3.8, 4) is 0 Å². The Labute approximate surface area is 197 Å². The van der Waals surface area contributed by atoms with E-state index in [0.29, 0.717) is 6.42 Å². The average molecular weight is 473 g/mol. The Bertz CT molecular complexity index is 687. The summed E-state index contributed by atoms with van der Waals surface area (Å²) in [5, 5.41) is 17.2. The number of hydrogen-bond acceptors (Lipinski definition) is 6. The van der Waals surface area contributed by atoms with Crippen molar-refractivity contribution in [1.29, 1.82) is 0 Å². The molecule has 0 aromatic rings. The minimum absolute atomic E-state index is 0.00942. The topological polar surface area (TPSA) is 160 Å². The summed E-state index contributed by atoms with van der Waals surface area (Å²) in [7, 11) is 0. The van der Waals surface area contributed by atoms with Crippen molar-refractivity contribution in [2.45, 2.75) is 104 Å². The number of nitrogens with one attached hydrogen (secondary N) is 3. The van der Waals surface area contributed by atoms with E-state index in [0.717, 1.165) is 0 Å². The van der Waals surface area contributed by atoms with E-state index >= 15 is 0 Å². The van der Waals surface area contributed by atoms with Gasteiger partial charge in [0.15, 0.2) is 0 Å². The van der Waals surface area contributed by atoms with E-state index in [-0.39, 0.29) is 24.9 Å². The molecule has 0 saturated heterocycles. The number of hydrogen-bond donors (Lipinski definition) is 5. The Balaban J connectivity index is 5.34. The fourth-order valence-electron chi connectivity index (χ4n) is 2.85. The molecular formula is C23H44N4O6. The average Bonchev–Trinajstić information content (AvgIpc) is 2.67. The molecule has 10 nitrogen and oxygen atoms in total. The Hall–Kier alpha value is -2.20. The highest BCUT2D eigenvalue weighted by molar-refractivity contribution is 5.96. The largest absolute Gasteiger partial charge is 0.480 e. The molecule has 0 aromatic carbocycles. The lowest BCUT2D eigenvalue weighted by Crippen LogP contribution is -2.62. The molecule has 0 aromatic heterocycles. The second-order valence-electron chi connectivity index (χ2n) is 10.5. The lowest BCUT2D eigenvalue weighted by Gasteiger charge is -2.32. The third-order valence-corrected chi connectivity index (χ3v) is 5.14. The quantitative estimate of drug-likeness (QED) is 0.269. The van der Waals surface area contributed by atoms with Gasteiger partial charge in [0.2, 0.25) is 17.7 Å². The fraction of sp³-hybridized carbons (Fsp3) is 0.826. The third kappa shape index (κ3) is 11.5. The first-order chi connectivity index (χ1) is 14.9. The monoisotopic (exact) mass is 472 g/mol. The maximum Gasteiger partial charge on any atom is 0.326 e. The standard InChI is InChI=1S/C23H44N4O6/c1-10-14(4)17(26-18(28)15(24)12-33-22(5,6)7)19(29)27-23(8,9)21(32)25-16(20(30)31)11-13(2)3/h13-17H,10-12,24H2,1-9H3,(H,25,32)(H,26,28)(H,27,29)(H,30,31)/t14-,15-,16-,17-/m0/s1. The molecule has 0 radical (unpaired) electrons. The number of rotatable bonds is 13. The first-order valence-corrected chi connectivity index (χ1v) is 11.5. The van der Waals surface area contributed by atoms with Gasteiger partial charge in [-0.05, 0) is 52.9 Å². The van der Waals surface area contributed by atoms with E-state index in [2.05, 4.69) is 16.0 Å². The van der Waals surface area contributed by atoms with Crippen LogP contribution >= 0.6 is 0 Å².